The van der Waals surface area contributed by atoms with Gasteiger partial charge in [0.2, 0.25) is 5.91 Å². The SMILES string of the molecule is O=C(O)CCC(=O)Nc1cccc(C(=O)Nc2cccc(C(F)(F)F)c2)c1. The molecule has 0 aliphatic rings. The van der Waals surface area contributed by atoms with Crippen LogP contribution in [0, 0.1) is 0 Å². The van der Waals surface area contributed by atoms with Gasteiger partial charge in [-0.2, -0.15) is 13.2 Å². The largest absolute Gasteiger partial charge is 0.481 e. The molecule has 2 aromatic carbocycles. The van der Waals surface area contributed by atoms with Gasteiger partial charge in [0.15, 0.2) is 0 Å². The first-order valence-corrected chi connectivity index (χ1v) is 7.75. The molecular weight excluding hydrogens is 365 g/mol. The summed E-state index contributed by atoms with van der Waals surface area (Å²) < 4.78 is 38.2. The molecular formula is C18H15F3N2O4. The number of benzene rings is 2. The molecule has 0 radical (unpaired) electrons. The first-order chi connectivity index (χ1) is 12.6. The van der Waals surface area contributed by atoms with E-state index >= 15 is 0 Å². The highest BCUT2D eigenvalue weighted by Gasteiger charge is 2.30. The summed E-state index contributed by atoms with van der Waals surface area (Å²) >= 11 is 0. The van der Waals surface area contributed by atoms with Crippen LogP contribution in [0.25, 0.3) is 0 Å². The number of carbonyl (C=O) groups is 3. The van der Waals surface area contributed by atoms with Gasteiger partial charge >= 0.3 is 12.1 Å². The summed E-state index contributed by atoms with van der Waals surface area (Å²) in [5.74, 6) is -2.30. The predicted octanol–water partition coefficient (Wildman–Crippen LogP) is 3.76. The first kappa shape index (κ1) is 20.0. The summed E-state index contributed by atoms with van der Waals surface area (Å²) in [6.45, 7) is 0. The van der Waals surface area contributed by atoms with Gasteiger partial charge in [0.1, 0.15) is 0 Å². The summed E-state index contributed by atoms with van der Waals surface area (Å²) in [6.07, 6.45) is -5.08. The lowest BCUT2D eigenvalue weighted by Gasteiger charge is -2.11. The standard InChI is InChI=1S/C18H15F3N2O4/c19-18(20,21)12-4-2-6-14(10-12)23-17(27)11-3-1-5-13(9-11)22-15(24)7-8-16(25)26/h1-6,9-10H,7-8H2,(H,22,24)(H,23,27)(H,25,26). The Morgan fingerprint density at radius 1 is 0.889 bits per heavy atom. The number of halogens is 3. The zero-order valence-corrected chi connectivity index (χ0v) is 13.8. The molecule has 2 aromatic rings. The summed E-state index contributed by atoms with van der Waals surface area (Å²) in [5, 5.41) is 13.4. The summed E-state index contributed by atoms with van der Waals surface area (Å²) in [4.78, 5) is 34.3. The molecule has 142 valence electrons. The molecule has 0 fully saturated rings. The third-order valence-electron chi connectivity index (χ3n) is 3.42. The second-order valence-electron chi connectivity index (χ2n) is 5.56. The van der Waals surface area contributed by atoms with Gasteiger partial charge in [0.25, 0.3) is 5.91 Å². The van der Waals surface area contributed by atoms with Crippen LogP contribution in [-0.4, -0.2) is 22.9 Å². The fourth-order valence-electron chi connectivity index (χ4n) is 2.16. The molecule has 0 aliphatic carbocycles. The van der Waals surface area contributed by atoms with Crippen LogP contribution in [0.1, 0.15) is 28.8 Å². The Balaban J connectivity index is 2.07. The first-order valence-electron chi connectivity index (χ1n) is 7.75. The second kappa shape index (κ2) is 8.35. The Kier molecular flexibility index (Phi) is 6.17. The number of aliphatic carboxylic acids is 1. The minimum absolute atomic E-state index is 0.0225. The number of hydrogen-bond donors (Lipinski definition) is 3. The van der Waals surface area contributed by atoms with Crippen molar-refractivity contribution in [2.75, 3.05) is 10.6 Å². The van der Waals surface area contributed by atoms with E-state index in [2.05, 4.69) is 10.6 Å². The van der Waals surface area contributed by atoms with Crippen molar-refractivity contribution in [2.24, 2.45) is 0 Å². The van der Waals surface area contributed by atoms with Crippen molar-refractivity contribution >= 4 is 29.2 Å². The van der Waals surface area contributed by atoms with Crippen LogP contribution in [-0.2, 0) is 15.8 Å². The number of alkyl halides is 3. The van der Waals surface area contributed by atoms with Crippen LogP contribution >= 0.6 is 0 Å². The van der Waals surface area contributed by atoms with E-state index in [0.717, 1.165) is 12.1 Å². The van der Waals surface area contributed by atoms with E-state index < -0.39 is 29.5 Å². The van der Waals surface area contributed by atoms with E-state index in [4.69, 9.17) is 5.11 Å². The highest BCUT2D eigenvalue weighted by Crippen LogP contribution is 2.30. The lowest BCUT2D eigenvalue weighted by atomic mass is 10.1. The zero-order chi connectivity index (χ0) is 20.0. The number of anilines is 2. The molecule has 0 heterocycles. The molecule has 0 aromatic heterocycles. The van der Waals surface area contributed by atoms with Crippen molar-refractivity contribution in [2.45, 2.75) is 19.0 Å². The van der Waals surface area contributed by atoms with Crippen LogP contribution in [0.2, 0.25) is 0 Å². The van der Waals surface area contributed by atoms with Crippen molar-refractivity contribution in [1.82, 2.24) is 0 Å². The van der Waals surface area contributed by atoms with Gasteiger partial charge in [-0.15, -0.1) is 0 Å². The molecule has 3 N–H and O–H groups in total. The van der Waals surface area contributed by atoms with Crippen LogP contribution in [0.5, 0.6) is 0 Å². The molecule has 0 atom stereocenters. The maximum Gasteiger partial charge on any atom is 0.416 e. The average Bonchev–Trinajstić information content (AvgIpc) is 2.59. The lowest BCUT2D eigenvalue weighted by Crippen LogP contribution is -2.15. The molecule has 0 bridgehead atoms. The number of rotatable bonds is 6. The number of carbonyl (C=O) groups excluding carboxylic acids is 2. The summed E-state index contributed by atoms with van der Waals surface area (Å²) in [5.41, 5.74) is -0.531. The number of nitrogens with one attached hydrogen (secondary N) is 2. The summed E-state index contributed by atoms with van der Waals surface area (Å²) in [7, 11) is 0. The van der Waals surface area contributed by atoms with Crippen LogP contribution in [0.15, 0.2) is 48.5 Å². The predicted molar refractivity (Wildman–Crippen MR) is 91.3 cm³/mol. The Hall–Kier alpha value is -3.36. The van der Waals surface area contributed by atoms with Gasteiger partial charge < -0.3 is 15.7 Å². The van der Waals surface area contributed by atoms with E-state index in [9.17, 15) is 27.6 Å². The molecule has 2 rings (SSSR count). The smallest absolute Gasteiger partial charge is 0.416 e. The van der Waals surface area contributed by atoms with Crippen molar-refractivity contribution < 1.29 is 32.7 Å². The van der Waals surface area contributed by atoms with Crippen molar-refractivity contribution in [3.8, 4) is 0 Å². The second-order valence-corrected chi connectivity index (χ2v) is 5.56. The zero-order valence-electron chi connectivity index (χ0n) is 13.8. The molecule has 0 aliphatic heterocycles. The highest BCUT2D eigenvalue weighted by atomic mass is 19.4. The molecule has 0 unspecified atom stereocenters. The van der Waals surface area contributed by atoms with Gasteiger partial charge in [-0.25, -0.2) is 0 Å². The fraction of sp³-hybridized carbons (Fsp3) is 0.167. The number of carboxylic acids is 1. The average molecular weight is 380 g/mol. The highest BCUT2D eigenvalue weighted by molar-refractivity contribution is 6.05. The van der Waals surface area contributed by atoms with Crippen LogP contribution < -0.4 is 10.6 Å². The number of carboxylic acid groups (broad SMARTS) is 1. The van der Waals surface area contributed by atoms with Gasteiger partial charge in [-0.05, 0) is 36.4 Å². The van der Waals surface area contributed by atoms with E-state index in [1.165, 1.54) is 36.4 Å². The van der Waals surface area contributed by atoms with Gasteiger partial charge in [-0.1, -0.05) is 12.1 Å². The Morgan fingerprint density at radius 3 is 2.15 bits per heavy atom. The maximum absolute atomic E-state index is 12.7. The normalized spacial score (nSPS) is 10.9. The van der Waals surface area contributed by atoms with E-state index in [1.807, 2.05) is 0 Å². The molecule has 0 saturated carbocycles. The van der Waals surface area contributed by atoms with E-state index in [-0.39, 0.29) is 29.8 Å². The number of amides is 2. The van der Waals surface area contributed by atoms with Gasteiger partial charge in [0, 0.05) is 23.4 Å². The minimum atomic E-state index is -4.53. The Morgan fingerprint density at radius 2 is 1.52 bits per heavy atom. The van der Waals surface area contributed by atoms with Crippen LogP contribution in [0.3, 0.4) is 0 Å². The van der Waals surface area contributed by atoms with Gasteiger partial charge in [-0.3, -0.25) is 14.4 Å². The third kappa shape index (κ3) is 6.14. The van der Waals surface area contributed by atoms with Crippen LogP contribution in [0.4, 0.5) is 24.5 Å². The molecule has 9 heteroatoms. The third-order valence-corrected chi connectivity index (χ3v) is 3.42. The quantitative estimate of drug-likeness (QED) is 0.711. The summed E-state index contributed by atoms with van der Waals surface area (Å²) in [6, 6.07) is 9.95. The molecule has 27 heavy (non-hydrogen) atoms. The lowest BCUT2D eigenvalue weighted by molar-refractivity contribution is -0.138. The molecule has 0 spiro atoms. The van der Waals surface area contributed by atoms with Crippen molar-refractivity contribution in [3.05, 3.63) is 59.7 Å². The van der Waals surface area contributed by atoms with Crippen molar-refractivity contribution in [3.63, 3.8) is 0 Å². The Bertz CT molecular complexity index is 866. The maximum atomic E-state index is 12.7. The van der Waals surface area contributed by atoms with E-state index in [0.29, 0.717) is 0 Å². The fourth-order valence-corrected chi connectivity index (χ4v) is 2.16. The van der Waals surface area contributed by atoms with Gasteiger partial charge in [0.05, 0.1) is 12.0 Å². The molecule has 6 nitrogen and oxygen atoms in total. The topological polar surface area (TPSA) is 95.5 Å². The Labute approximate surface area is 152 Å². The van der Waals surface area contributed by atoms with Crippen molar-refractivity contribution in [1.29, 1.82) is 0 Å². The minimum Gasteiger partial charge on any atom is -0.481 e. The van der Waals surface area contributed by atoms with E-state index in [1.54, 1.807) is 0 Å². The molecule has 2 amide bonds. The monoisotopic (exact) mass is 380 g/mol. The number of hydrogen-bond acceptors (Lipinski definition) is 3. The molecule has 0 saturated heterocycles.